The topological polar surface area (TPSA) is 342 Å². The number of phenols is 1. The number of non-ortho nitro benzene ring substituents is 1. The van der Waals surface area contributed by atoms with Crippen LogP contribution < -0.4 is 10.6 Å². The molecule has 6 N–H and O–H groups in total. The highest BCUT2D eigenvalue weighted by Crippen LogP contribution is 2.38. The van der Waals surface area contributed by atoms with E-state index in [0.29, 0.717) is 39.5 Å². The van der Waals surface area contributed by atoms with Crippen LogP contribution in [0.15, 0.2) is 91.6 Å². The summed E-state index contributed by atoms with van der Waals surface area (Å²) in [4.78, 5) is 21.2. The smallest absolute Gasteiger partial charge is 0.397 e. The maximum Gasteiger partial charge on any atom is 0.397 e. The highest BCUT2D eigenvalue weighted by Gasteiger charge is 2.24. The number of halogens is 1. The molecule has 290 valence electrons. The van der Waals surface area contributed by atoms with Gasteiger partial charge in [-0.25, -0.2) is 17.9 Å². The van der Waals surface area contributed by atoms with Crippen LogP contribution in [-0.4, -0.2) is 77.0 Å². The first-order valence-electron chi connectivity index (χ1n) is 14.4. The van der Waals surface area contributed by atoms with Crippen molar-refractivity contribution in [3.05, 3.63) is 82.1 Å². The average Bonchev–Trinajstić information content (AvgIpc) is 3.09. The van der Waals surface area contributed by atoms with E-state index in [4.69, 9.17) is 21.4 Å². The second-order valence-electron chi connectivity index (χ2n) is 10.4. The fraction of sp³-hybridized carbons (Fsp3) is 0.0741. The van der Waals surface area contributed by atoms with Crippen LogP contribution >= 0.6 is 23.6 Å². The lowest BCUT2D eigenvalue weighted by atomic mass is 10.1. The van der Waals surface area contributed by atoms with Gasteiger partial charge >= 0.3 is 10.4 Å². The van der Waals surface area contributed by atoms with Crippen LogP contribution in [0, 0.1) is 10.1 Å². The summed E-state index contributed by atoms with van der Waals surface area (Å²) >= 11 is 6.77. The van der Waals surface area contributed by atoms with Crippen molar-refractivity contribution in [3.63, 3.8) is 0 Å². The minimum atomic E-state index is -5.13. The van der Waals surface area contributed by atoms with E-state index in [1.165, 1.54) is 18.2 Å². The molecule has 0 atom stereocenters. The number of phenolic OH excluding ortho intramolecular Hbond substituents is 1. The van der Waals surface area contributed by atoms with Crippen molar-refractivity contribution >= 4 is 105 Å². The minimum absolute atomic E-state index is 0.0693. The van der Waals surface area contributed by atoms with Gasteiger partial charge in [0.15, 0.2) is 9.84 Å². The summed E-state index contributed by atoms with van der Waals surface area (Å²) in [6, 6.07) is 13.4. The number of aromatic nitrogens is 3. The van der Waals surface area contributed by atoms with E-state index in [1.54, 1.807) is 18.2 Å². The van der Waals surface area contributed by atoms with Gasteiger partial charge in [-0.2, -0.15) is 31.8 Å². The molecule has 1 heterocycles. The lowest BCUT2D eigenvalue weighted by molar-refractivity contribution is -0.432. The molecule has 4 aromatic carbocycles. The van der Waals surface area contributed by atoms with Gasteiger partial charge in [-0.15, -0.1) is 14.6 Å². The molecule has 55 heavy (non-hydrogen) atoms. The molecule has 0 spiro atoms. The fourth-order valence-electron chi connectivity index (χ4n) is 4.51. The predicted molar refractivity (Wildman–Crippen MR) is 191 cm³/mol. The molecule has 0 unspecified atom stereocenters. The van der Waals surface area contributed by atoms with Gasteiger partial charge in [-0.1, -0.05) is 11.1 Å². The van der Waals surface area contributed by atoms with E-state index in [-0.39, 0.29) is 23.0 Å². The van der Waals surface area contributed by atoms with Crippen molar-refractivity contribution in [2.75, 3.05) is 23.0 Å². The molecule has 0 radical (unpaired) electrons. The largest absolute Gasteiger partial charge is 0.505 e. The SMILES string of the molecule is O=[N+]([O-])c1ccc(N=Nc2ccc(Nc3nc(Cl)nc(Nc4ccc(S(=O)(=O)CCOS(=O)(=O)O)cc4S(=O)(=O)O)n3)c3cc(SOOO)ccc23)c(O)c1. The Bertz CT molecular complexity index is 2670. The number of hydrogen-bond donors (Lipinski definition) is 6. The van der Waals surface area contributed by atoms with Gasteiger partial charge in [0, 0.05) is 27.4 Å². The normalized spacial score (nSPS) is 12.3. The molecule has 0 fully saturated rings. The van der Waals surface area contributed by atoms with Gasteiger partial charge in [0.1, 0.15) is 16.3 Å². The van der Waals surface area contributed by atoms with Gasteiger partial charge in [0.25, 0.3) is 15.8 Å². The molecular formula is C27H21ClN8O15S4. The van der Waals surface area contributed by atoms with Gasteiger partial charge in [-0.3, -0.25) is 19.2 Å². The second kappa shape index (κ2) is 16.7. The molecular weight excluding hydrogens is 840 g/mol. The molecule has 0 bridgehead atoms. The summed E-state index contributed by atoms with van der Waals surface area (Å²) < 4.78 is 98.6. The molecule has 5 rings (SSSR count). The highest BCUT2D eigenvalue weighted by molar-refractivity contribution is 7.94. The number of nitro benzene ring substituents is 1. The molecule has 1 aromatic heterocycles. The molecule has 0 aliphatic carbocycles. The van der Waals surface area contributed by atoms with Gasteiger partial charge in [0.05, 0.1) is 51.7 Å². The number of nitro groups is 1. The van der Waals surface area contributed by atoms with Crippen LogP contribution in [0.4, 0.5) is 40.3 Å². The van der Waals surface area contributed by atoms with Crippen LogP contribution in [0.3, 0.4) is 0 Å². The van der Waals surface area contributed by atoms with Crippen LogP contribution in [0.5, 0.6) is 5.75 Å². The Balaban J connectivity index is 1.48. The first kappa shape index (κ1) is 41.0. The molecule has 0 saturated heterocycles. The summed E-state index contributed by atoms with van der Waals surface area (Å²) in [6.45, 7) is -0.999. The number of azo groups is 1. The Morgan fingerprint density at radius 3 is 2.13 bits per heavy atom. The Hall–Kier alpha value is -5.20. The van der Waals surface area contributed by atoms with Crippen molar-refractivity contribution in [1.82, 2.24) is 15.0 Å². The molecule has 5 aromatic rings. The minimum Gasteiger partial charge on any atom is -0.505 e. The van der Waals surface area contributed by atoms with E-state index in [9.17, 15) is 45.0 Å². The third-order valence-corrected chi connectivity index (χ3v) is 10.6. The zero-order valence-electron chi connectivity index (χ0n) is 26.7. The third kappa shape index (κ3) is 10.7. The van der Waals surface area contributed by atoms with Crippen molar-refractivity contribution in [1.29, 1.82) is 0 Å². The number of aromatic hydroxyl groups is 1. The van der Waals surface area contributed by atoms with Crippen molar-refractivity contribution in [2.24, 2.45) is 10.2 Å². The van der Waals surface area contributed by atoms with E-state index >= 15 is 0 Å². The first-order valence-corrected chi connectivity index (χ1v) is 19.9. The van der Waals surface area contributed by atoms with Gasteiger partial charge in [-0.05, 0) is 60.1 Å². The van der Waals surface area contributed by atoms with E-state index < -0.39 is 80.1 Å². The molecule has 23 nitrogen and oxygen atoms in total. The van der Waals surface area contributed by atoms with Crippen LogP contribution in [0.25, 0.3) is 10.8 Å². The number of hydrogen-bond acceptors (Lipinski definition) is 21. The van der Waals surface area contributed by atoms with Crippen molar-refractivity contribution in [2.45, 2.75) is 14.7 Å². The summed E-state index contributed by atoms with van der Waals surface area (Å²) in [5.74, 6) is -2.11. The van der Waals surface area contributed by atoms with Crippen molar-refractivity contribution in [3.8, 4) is 5.75 Å². The van der Waals surface area contributed by atoms with Gasteiger partial charge < -0.3 is 15.7 Å². The number of rotatable bonds is 16. The highest BCUT2D eigenvalue weighted by atomic mass is 35.5. The van der Waals surface area contributed by atoms with Crippen LogP contribution in [0.2, 0.25) is 5.28 Å². The zero-order valence-corrected chi connectivity index (χ0v) is 30.8. The third-order valence-electron chi connectivity index (χ3n) is 6.84. The summed E-state index contributed by atoms with van der Waals surface area (Å²) in [6.07, 6.45) is 0. The van der Waals surface area contributed by atoms with Crippen molar-refractivity contribution < 1.29 is 63.2 Å². The number of nitrogens with zero attached hydrogens (tertiary/aromatic N) is 6. The maximum absolute atomic E-state index is 12.7. The Morgan fingerprint density at radius 1 is 0.836 bits per heavy atom. The Morgan fingerprint density at radius 2 is 1.49 bits per heavy atom. The Labute approximate surface area is 317 Å². The first-order chi connectivity index (χ1) is 25.8. The Kier molecular flexibility index (Phi) is 12.4. The fourth-order valence-corrected chi connectivity index (χ4v) is 7.33. The summed E-state index contributed by atoms with van der Waals surface area (Å²) in [5.41, 5.74) is -0.311. The summed E-state index contributed by atoms with van der Waals surface area (Å²) in [7, 11) is -14.5. The zero-order chi connectivity index (χ0) is 40.1. The standard InChI is InChI=1S/C27H21ClN8O15S4/c28-25-31-26(33-27(32-25)30-22-6-3-16(13-24(22)54(43,44)45)53(41,42)10-9-49-55(46,47)48)29-19-7-8-20(17-4-2-15(12-18(17)19)52-51-50-40)34-35-21-5-1-14(36(38)39)11-23(21)37/h1-8,11-13,37,40H,9-10H2,(H,43,44,45)(H,46,47,48)(H2,29,30,31,32,33). The van der Waals surface area contributed by atoms with Gasteiger partial charge in [0.2, 0.25) is 17.2 Å². The van der Waals surface area contributed by atoms with Crippen LogP contribution in [-0.2, 0) is 43.9 Å². The lowest BCUT2D eigenvalue weighted by Gasteiger charge is -2.14. The molecule has 0 aliphatic rings. The number of benzene rings is 4. The maximum atomic E-state index is 12.7. The van der Waals surface area contributed by atoms with E-state index in [1.807, 2.05) is 0 Å². The number of fused-ring (bicyclic) bond motifs is 1. The van der Waals surface area contributed by atoms with Crippen LogP contribution in [0.1, 0.15) is 0 Å². The average molecular weight is 861 g/mol. The molecule has 0 aliphatic heterocycles. The predicted octanol–water partition coefficient (Wildman–Crippen LogP) is 5.46. The number of anilines is 4. The van der Waals surface area contributed by atoms with E-state index in [2.05, 4.69) is 49.4 Å². The number of nitrogens with one attached hydrogen (secondary N) is 2. The molecule has 0 amide bonds. The van der Waals surface area contributed by atoms with E-state index in [0.717, 1.165) is 24.3 Å². The molecule has 28 heteroatoms. The summed E-state index contributed by atoms with van der Waals surface area (Å²) in [5, 5.41) is 47.5. The monoisotopic (exact) mass is 860 g/mol. The number of sulfone groups is 1. The quantitative estimate of drug-likeness (QED) is 0.0179. The lowest BCUT2D eigenvalue weighted by Crippen LogP contribution is -2.16. The second-order valence-corrected chi connectivity index (χ2v) is 16.1. The molecule has 0 saturated carbocycles.